The van der Waals surface area contributed by atoms with E-state index in [4.69, 9.17) is 19.2 Å². The number of nitrogens with zero attached hydrogens (tertiary/aromatic N) is 3. The SMILES string of the molecule is N#Cc1cc2c(Br)c(NC3CCC(N4C[C@@H]5OCCO[C@@H]5C4)CC3)ncc2o1. The Hall–Kier alpha value is -1.66. The Morgan fingerprint density at radius 3 is 2.54 bits per heavy atom. The molecule has 2 atom stereocenters. The van der Waals surface area contributed by atoms with Crippen LogP contribution >= 0.6 is 15.9 Å². The van der Waals surface area contributed by atoms with Crippen LogP contribution in [-0.2, 0) is 9.47 Å². The lowest BCUT2D eigenvalue weighted by molar-refractivity contribution is -0.116. The van der Waals surface area contributed by atoms with Gasteiger partial charge in [-0.15, -0.1) is 0 Å². The van der Waals surface area contributed by atoms with E-state index < -0.39 is 0 Å². The van der Waals surface area contributed by atoms with Gasteiger partial charge < -0.3 is 19.2 Å². The zero-order valence-electron chi connectivity index (χ0n) is 15.6. The van der Waals surface area contributed by atoms with Crippen molar-refractivity contribution in [3.05, 3.63) is 22.5 Å². The first-order valence-corrected chi connectivity index (χ1v) is 10.7. The van der Waals surface area contributed by atoms with E-state index in [-0.39, 0.29) is 12.2 Å². The van der Waals surface area contributed by atoms with Crippen molar-refractivity contribution in [1.29, 1.82) is 5.26 Å². The second-order valence-electron chi connectivity index (χ2n) is 7.84. The van der Waals surface area contributed by atoms with Crippen LogP contribution in [0.4, 0.5) is 5.82 Å². The molecule has 1 saturated carbocycles. The van der Waals surface area contributed by atoms with Crippen LogP contribution in [0.3, 0.4) is 0 Å². The summed E-state index contributed by atoms with van der Waals surface area (Å²) in [6.45, 7) is 3.45. The van der Waals surface area contributed by atoms with Gasteiger partial charge in [0.15, 0.2) is 5.58 Å². The lowest BCUT2D eigenvalue weighted by Gasteiger charge is -2.35. The van der Waals surface area contributed by atoms with Crippen LogP contribution in [0.2, 0.25) is 0 Å². The number of aromatic nitrogens is 1. The highest BCUT2D eigenvalue weighted by molar-refractivity contribution is 9.10. The van der Waals surface area contributed by atoms with E-state index in [2.05, 4.69) is 31.1 Å². The molecule has 1 aliphatic carbocycles. The van der Waals surface area contributed by atoms with Crippen LogP contribution in [-0.4, -0.2) is 60.5 Å². The van der Waals surface area contributed by atoms with Gasteiger partial charge in [0.05, 0.1) is 36.1 Å². The molecule has 2 aromatic rings. The summed E-state index contributed by atoms with van der Waals surface area (Å²) in [5.74, 6) is 1.12. The molecule has 2 saturated heterocycles. The van der Waals surface area contributed by atoms with E-state index in [1.54, 1.807) is 12.3 Å². The maximum Gasteiger partial charge on any atom is 0.204 e. The second-order valence-corrected chi connectivity index (χ2v) is 8.64. The van der Waals surface area contributed by atoms with Crippen LogP contribution < -0.4 is 5.32 Å². The van der Waals surface area contributed by atoms with Gasteiger partial charge >= 0.3 is 0 Å². The van der Waals surface area contributed by atoms with E-state index in [0.717, 1.165) is 54.8 Å². The van der Waals surface area contributed by atoms with Gasteiger partial charge in [-0.1, -0.05) is 0 Å². The molecule has 5 rings (SSSR count). The summed E-state index contributed by atoms with van der Waals surface area (Å²) in [4.78, 5) is 7.05. The topological polar surface area (TPSA) is 83.6 Å². The zero-order chi connectivity index (χ0) is 19.1. The smallest absolute Gasteiger partial charge is 0.204 e. The number of hydrogen-bond acceptors (Lipinski definition) is 7. The summed E-state index contributed by atoms with van der Waals surface area (Å²) in [6, 6.07) is 4.80. The average molecular weight is 447 g/mol. The molecule has 3 fully saturated rings. The molecule has 0 bridgehead atoms. The Labute approximate surface area is 172 Å². The summed E-state index contributed by atoms with van der Waals surface area (Å²) in [5.41, 5.74) is 0.623. The molecule has 4 heterocycles. The van der Waals surface area contributed by atoms with Crippen molar-refractivity contribution in [3.63, 3.8) is 0 Å². The van der Waals surface area contributed by atoms with Crippen LogP contribution in [0.5, 0.6) is 0 Å². The van der Waals surface area contributed by atoms with E-state index in [1.807, 2.05) is 6.07 Å². The molecule has 28 heavy (non-hydrogen) atoms. The fraction of sp³-hybridized carbons (Fsp3) is 0.600. The molecule has 7 nitrogen and oxygen atoms in total. The largest absolute Gasteiger partial charge is 0.444 e. The number of anilines is 1. The van der Waals surface area contributed by atoms with Gasteiger partial charge in [-0.05, 0) is 41.6 Å². The highest BCUT2D eigenvalue weighted by Crippen LogP contribution is 2.34. The number of nitrogens with one attached hydrogen (secondary N) is 1. The molecule has 2 aromatic heterocycles. The predicted octanol–water partition coefficient (Wildman–Crippen LogP) is 3.28. The summed E-state index contributed by atoms with van der Waals surface area (Å²) in [5, 5.41) is 13.5. The van der Waals surface area contributed by atoms with Crippen molar-refractivity contribution in [2.75, 3.05) is 31.6 Å². The van der Waals surface area contributed by atoms with Gasteiger partial charge in [-0.3, -0.25) is 4.90 Å². The van der Waals surface area contributed by atoms with Crippen LogP contribution in [0.1, 0.15) is 31.4 Å². The number of furan rings is 1. The summed E-state index contributed by atoms with van der Waals surface area (Å²) in [7, 11) is 0. The summed E-state index contributed by atoms with van der Waals surface area (Å²) >= 11 is 3.62. The molecule has 148 valence electrons. The Morgan fingerprint density at radius 2 is 1.86 bits per heavy atom. The third-order valence-corrected chi connectivity index (χ3v) is 6.97. The first kappa shape index (κ1) is 18.4. The number of nitriles is 1. The van der Waals surface area contributed by atoms with E-state index in [0.29, 0.717) is 23.4 Å². The molecular formula is C20H23BrN4O3. The number of fused-ring (bicyclic) bond motifs is 2. The fourth-order valence-corrected chi connectivity index (χ4v) is 5.23. The molecule has 2 aliphatic heterocycles. The standard InChI is InChI=1S/C20H23BrN4O3/c21-19-15-7-14(8-22)28-16(15)9-23-20(19)24-12-1-3-13(4-2-12)25-10-17-18(11-25)27-6-5-26-17/h7,9,12-13,17-18H,1-6,10-11H2,(H,23,24)/t12?,13?,17-,18+. The summed E-state index contributed by atoms with van der Waals surface area (Å²) < 4.78 is 18.0. The number of rotatable bonds is 3. The molecule has 0 amide bonds. The Morgan fingerprint density at radius 1 is 1.14 bits per heavy atom. The molecule has 1 N–H and O–H groups in total. The van der Waals surface area contributed by atoms with Gasteiger partial charge in [0.1, 0.15) is 11.9 Å². The maximum atomic E-state index is 9.03. The minimum absolute atomic E-state index is 0.254. The normalized spacial score (nSPS) is 30.9. The molecule has 3 aliphatic rings. The quantitative estimate of drug-likeness (QED) is 0.773. The Balaban J connectivity index is 1.20. The lowest BCUT2D eigenvalue weighted by Crippen LogP contribution is -2.40. The predicted molar refractivity (Wildman–Crippen MR) is 107 cm³/mol. The molecule has 0 spiro atoms. The third kappa shape index (κ3) is 3.41. The van der Waals surface area contributed by atoms with Crippen molar-refractivity contribution in [1.82, 2.24) is 9.88 Å². The van der Waals surface area contributed by atoms with E-state index in [1.165, 1.54) is 12.8 Å². The second kappa shape index (κ2) is 7.64. The van der Waals surface area contributed by atoms with Gasteiger partial charge in [-0.2, -0.15) is 5.26 Å². The number of hydrogen-bond donors (Lipinski definition) is 1. The van der Waals surface area contributed by atoms with Crippen molar-refractivity contribution in [2.45, 2.75) is 50.0 Å². The minimum Gasteiger partial charge on any atom is -0.444 e. The molecule has 8 heteroatoms. The van der Waals surface area contributed by atoms with Gasteiger partial charge in [0.25, 0.3) is 0 Å². The molecular weight excluding hydrogens is 424 g/mol. The Kier molecular flexibility index (Phi) is 5.01. The third-order valence-electron chi connectivity index (χ3n) is 6.17. The average Bonchev–Trinajstić information content (AvgIpc) is 3.35. The van der Waals surface area contributed by atoms with Crippen molar-refractivity contribution < 1.29 is 13.9 Å². The van der Waals surface area contributed by atoms with Crippen molar-refractivity contribution >= 4 is 32.7 Å². The van der Waals surface area contributed by atoms with Gasteiger partial charge in [-0.25, -0.2) is 4.98 Å². The lowest BCUT2D eigenvalue weighted by atomic mass is 9.90. The fourth-order valence-electron chi connectivity index (χ4n) is 4.70. The highest BCUT2D eigenvalue weighted by Gasteiger charge is 2.40. The number of pyridine rings is 1. The Bertz CT molecular complexity index is 889. The monoisotopic (exact) mass is 446 g/mol. The van der Waals surface area contributed by atoms with Crippen LogP contribution in [0.25, 0.3) is 11.0 Å². The van der Waals surface area contributed by atoms with Gasteiger partial charge in [0.2, 0.25) is 5.76 Å². The highest BCUT2D eigenvalue weighted by atomic mass is 79.9. The minimum atomic E-state index is 0.254. The van der Waals surface area contributed by atoms with Crippen LogP contribution in [0, 0.1) is 11.3 Å². The van der Waals surface area contributed by atoms with E-state index >= 15 is 0 Å². The van der Waals surface area contributed by atoms with E-state index in [9.17, 15) is 0 Å². The number of halogens is 1. The first-order valence-electron chi connectivity index (χ1n) is 9.93. The molecule has 0 radical (unpaired) electrons. The zero-order valence-corrected chi connectivity index (χ0v) is 17.2. The molecule has 0 aromatic carbocycles. The maximum absolute atomic E-state index is 9.03. The molecule has 0 unspecified atom stereocenters. The first-order chi connectivity index (χ1) is 13.7. The van der Waals surface area contributed by atoms with Crippen LogP contribution in [0.15, 0.2) is 21.2 Å². The number of likely N-dealkylation sites (tertiary alicyclic amines) is 1. The van der Waals surface area contributed by atoms with Crippen molar-refractivity contribution in [3.8, 4) is 6.07 Å². The van der Waals surface area contributed by atoms with Gasteiger partial charge in [0, 0.05) is 36.6 Å². The summed E-state index contributed by atoms with van der Waals surface area (Å²) in [6.07, 6.45) is 6.75. The van der Waals surface area contributed by atoms with Crippen molar-refractivity contribution in [2.24, 2.45) is 0 Å². The number of ether oxygens (including phenoxy) is 2.